The molecule has 3 heterocycles. The lowest BCUT2D eigenvalue weighted by Crippen LogP contribution is -2.24. The molecule has 1 N–H and O–H groups in total. The van der Waals surface area contributed by atoms with Crippen LogP contribution in [0.4, 0.5) is 0 Å². The molecule has 0 bridgehead atoms. The number of aromatic nitrogens is 4. The minimum Gasteiger partial charge on any atom is -0.478 e. The van der Waals surface area contributed by atoms with Gasteiger partial charge in [-0.15, -0.1) is 16.4 Å². The van der Waals surface area contributed by atoms with E-state index < -0.39 is 0 Å². The smallest absolute Gasteiger partial charge is 0.291 e. The van der Waals surface area contributed by atoms with E-state index in [1.807, 2.05) is 60.8 Å². The molecule has 4 aromatic rings. The van der Waals surface area contributed by atoms with Gasteiger partial charge in [-0.05, 0) is 42.1 Å². The van der Waals surface area contributed by atoms with Gasteiger partial charge in [-0.1, -0.05) is 24.3 Å². The van der Waals surface area contributed by atoms with Gasteiger partial charge in [0.1, 0.15) is 0 Å². The second-order valence-electron chi connectivity index (χ2n) is 6.10. The van der Waals surface area contributed by atoms with Crippen LogP contribution in [0.15, 0.2) is 66.2 Å². The molecular weight excluding hydrogens is 386 g/mol. The normalized spacial score (nSPS) is 10.7. The van der Waals surface area contributed by atoms with E-state index in [1.54, 1.807) is 28.3 Å². The lowest BCUT2D eigenvalue weighted by Gasteiger charge is -2.05. The highest BCUT2D eigenvalue weighted by Crippen LogP contribution is 2.25. The summed E-state index contributed by atoms with van der Waals surface area (Å²) in [6.45, 7) is 2.76. The first-order valence-electron chi connectivity index (χ1n) is 9.17. The van der Waals surface area contributed by atoms with Crippen molar-refractivity contribution in [3.8, 4) is 22.3 Å². The standard InChI is InChI=1S/C21H19N5O2S/c1-2-28-18-13-15(10-11-22-18)14-23-21(27)19-24-20(17-9-6-12-29-17)26(25-19)16-7-4-3-5-8-16/h3-13H,2,14H2,1H3,(H,23,27). The third kappa shape index (κ3) is 4.33. The van der Waals surface area contributed by atoms with Crippen molar-refractivity contribution in [2.24, 2.45) is 0 Å². The van der Waals surface area contributed by atoms with Gasteiger partial charge in [-0.2, -0.15) is 0 Å². The molecule has 0 aliphatic carbocycles. The Morgan fingerprint density at radius 3 is 2.79 bits per heavy atom. The molecule has 8 heteroatoms. The topological polar surface area (TPSA) is 81.9 Å². The Kier molecular flexibility index (Phi) is 5.62. The largest absolute Gasteiger partial charge is 0.478 e. The van der Waals surface area contributed by atoms with E-state index in [9.17, 15) is 4.79 Å². The summed E-state index contributed by atoms with van der Waals surface area (Å²) in [6.07, 6.45) is 1.66. The molecule has 0 spiro atoms. The SMILES string of the molecule is CCOc1cc(CNC(=O)c2nc(-c3cccs3)n(-c3ccccc3)n2)ccn1. The van der Waals surface area contributed by atoms with Crippen molar-refractivity contribution < 1.29 is 9.53 Å². The fourth-order valence-corrected chi connectivity index (χ4v) is 3.47. The maximum atomic E-state index is 12.7. The minimum absolute atomic E-state index is 0.122. The zero-order valence-corrected chi connectivity index (χ0v) is 16.6. The molecule has 0 unspecified atom stereocenters. The van der Waals surface area contributed by atoms with Gasteiger partial charge in [-0.3, -0.25) is 4.79 Å². The van der Waals surface area contributed by atoms with Crippen molar-refractivity contribution in [2.45, 2.75) is 13.5 Å². The molecule has 7 nitrogen and oxygen atoms in total. The second kappa shape index (κ2) is 8.66. The third-order valence-corrected chi connectivity index (χ3v) is 4.96. The number of amides is 1. The summed E-state index contributed by atoms with van der Waals surface area (Å²) in [4.78, 5) is 22.3. The van der Waals surface area contributed by atoms with E-state index in [-0.39, 0.29) is 11.7 Å². The Morgan fingerprint density at radius 1 is 1.17 bits per heavy atom. The van der Waals surface area contributed by atoms with Crippen LogP contribution in [0.5, 0.6) is 5.88 Å². The maximum absolute atomic E-state index is 12.7. The maximum Gasteiger partial charge on any atom is 0.291 e. The number of para-hydroxylation sites is 1. The van der Waals surface area contributed by atoms with Crippen molar-refractivity contribution in [1.82, 2.24) is 25.1 Å². The van der Waals surface area contributed by atoms with Crippen molar-refractivity contribution in [3.05, 3.63) is 77.6 Å². The van der Waals surface area contributed by atoms with Crippen molar-refractivity contribution in [1.29, 1.82) is 0 Å². The predicted octanol–water partition coefficient (Wildman–Crippen LogP) is 3.72. The number of ether oxygens (including phenoxy) is 1. The van der Waals surface area contributed by atoms with Gasteiger partial charge in [-0.25, -0.2) is 14.6 Å². The van der Waals surface area contributed by atoms with Crippen LogP contribution in [-0.4, -0.2) is 32.3 Å². The molecule has 0 aliphatic rings. The number of carbonyl (C=O) groups is 1. The van der Waals surface area contributed by atoms with E-state index in [2.05, 4.69) is 20.4 Å². The van der Waals surface area contributed by atoms with Crippen LogP contribution in [0.3, 0.4) is 0 Å². The zero-order valence-electron chi connectivity index (χ0n) is 15.8. The number of pyridine rings is 1. The number of nitrogens with one attached hydrogen (secondary N) is 1. The van der Waals surface area contributed by atoms with Gasteiger partial charge in [0, 0.05) is 18.8 Å². The minimum atomic E-state index is -0.341. The molecule has 0 radical (unpaired) electrons. The highest BCUT2D eigenvalue weighted by Gasteiger charge is 2.19. The average Bonchev–Trinajstić information content (AvgIpc) is 3.43. The first-order chi connectivity index (χ1) is 14.2. The summed E-state index contributed by atoms with van der Waals surface area (Å²) in [5.74, 6) is 0.952. The van der Waals surface area contributed by atoms with Crippen molar-refractivity contribution in [3.63, 3.8) is 0 Å². The van der Waals surface area contributed by atoms with Gasteiger partial charge in [0.05, 0.1) is 17.2 Å². The Balaban J connectivity index is 1.57. The highest BCUT2D eigenvalue weighted by molar-refractivity contribution is 7.13. The van der Waals surface area contributed by atoms with Gasteiger partial charge in [0.15, 0.2) is 5.82 Å². The molecule has 29 heavy (non-hydrogen) atoms. The molecule has 1 amide bonds. The van der Waals surface area contributed by atoms with E-state index in [1.165, 1.54) is 0 Å². The molecule has 0 aliphatic heterocycles. The molecular formula is C21H19N5O2S. The molecule has 0 saturated carbocycles. The Morgan fingerprint density at radius 2 is 2.03 bits per heavy atom. The molecule has 0 atom stereocenters. The van der Waals surface area contributed by atoms with Gasteiger partial charge < -0.3 is 10.1 Å². The number of hydrogen-bond acceptors (Lipinski definition) is 6. The fraction of sp³-hybridized carbons (Fsp3) is 0.143. The monoisotopic (exact) mass is 405 g/mol. The molecule has 146 valence electrons. The third-order valence-electron chi connectivity index (χ3n) is 4.10. The quantitative estimate of drug-likeness (QED) is 0.507. The van der Waals surface area contributed by atoms with Crippen LogP contribution in [0.1, 0.15) is 23.1 Å². The first kappa shape index (κ1) is 18.8. The first-order valence-corrected chi connectivity index (χ1v) is 10.0. The molecule has 4 rings (SSSR count). The summed E-state index contributed by atoms with van der Waals surface area (Å²) in [5, 5.41) is 9.29. The Hall–Kier alpha value is -3.52. The number of hydrogen-bond donors (Lipinski definition) is 1. The summed E-state index contributed by atoms with van der Waals surface area (Å²) < 4.78 is 7.09. The van der Waals surface area contributed by atoms with Crippen LogP contribution in [0.25, 0.3) is 16.4 Å². The van der Waals surface area contributed by atoms with Crippen LogP contribution in [0, 0.1) is 0 Å². The Bertz CT molecular complexity index is 1090. The summed E-state index contributed by atoms with van der Waals surface area (Å²) >= 11 is 1.55. The van der Waals surface area contributed by atoms with Crippen LogP contribution in [-0.2, 0) is 6.54 Å². The molecule has 1 aromatic carbocycles. The van der Waals surface area contributed by atoms with E-state index >= 15 is 0 Å². The number of rotatable bonds is 7. The molecule has 0 fully saturated rings. The van der Waals surface area contributed by atoms with Gasteiger partial charge >= 0.3 is 0 Å². The summed E-state index contributed by atoms with van der Waals surface area (Å²) in [6, 6.07) is 17.2. The van der Waals surface area contributed by atoms with E-state index in [0.717, 1.165) is 16.1 Å². The zero-order chi connectivity index (χ0) is 20.1. The lowest BCUT2D eigenvalue weighted by atomic mass is 10.2. The van der Waals surface area contributed by atoms with Crippen molar-refractivity contribution >= 4 is 17.2 Å². The molecule has 0 saturated heterocycles. The highest BCUT2D eigenvalue weighted by atomic mass is 32.1. The van der Waals surface area contributed by atoms with Crippen molar-refractivity contribution in [2.75, 3.05) is 6.61 Å². The number of carbonyl (C=O) groups excluding carboxylic acids is 1. The van der Waals surface area contributed by atoms with Crippen LogP contribution >= 0.6 is 11.3 Å². The van der Waals surface area contributed by atoms with Gasteiger partial charge in [0.2, 0.25) is 11.7 Å². The number of benzene rings is 1. The average molecular weight is 405 g/mol. The summed E-state index contributed by atoms with van der Waals surface area (Å²) in [7, 11) is 0. The van der Waals surface area contributed by atoms with Crippen LogP contribution in [0.2, 0.25) is 0 Å². The number of nitrogens with zero attached hydrogens (tertiary/aromatic N) is 4. The van der Waals surface area contributed by atoms with E-state index in [4.69, 9.17) is 4.74 Å². The Labute approximate surface area is 172 Å². The summed E-state index contributed by atoms with van der Waals surface area (Å²) in [5.41, 5.74) is 1.73. The van der Waals surface area contributed by atoms with Crippen LogP contribution < -0.4 is 10.1 Å². The van der Waals surface area contributed by atoms with E-state index in [0.29, 0.717) is 24.9 Å². The fourth-order valence-electron chi connectivity index (χ4n) is 2.77. The van der Waals surface area contributed by atoms with Gasteiger partial charge in [0.25, 0.3) is 5.91 Å². The number of thiophene rings is 1. The molecule has 3 aromatic heterocycles. The lowest BCUT2D eigenvalue weighted by molar-refractivity contribution is 0.0940. The predicted molar refractivity (Wildman–Crippen MR) is 111 cm³/mol. The second-order valence-corrected chi connectivity index (χ2v) is 7.05.